The highest BCUT2D eigenvalue weighted by Gasteiger charge is 2.56. The molecule has 2 aromatic heterocycles. The second-order valence-electron chi connectivity index (χ2n) is 17.2. The molecule has 0 radical (unpaired) electrons. The van der Waals surface area contributed by atoms with Gasteiger partial charge >= 0.3 is 12.2 Å². The maximum Gasteiger partial charge on any atom is 0.407 e. The van der Waals surface area contributed by atoms with E-state index in [-0.39, 0.29) is 53.7 Å². The van der Waals surface area contributed by atoms with E-state index in [4.69, 9.17) is 24.2 Å². The number of piperidine rings is 1. The predicted octanol–water partition coefficient (Wildman–Crippen LogP) is 7.62. The van der Waals surface area contributed by atoms with Crippen molar-refractivity contribution >= 4 is 46.1 Å². The molecular weight excluding hydrogens is 765 g/mol. The smallest absolute Gasteiger partial charge is 0.407 e. The lowest BCUT2D eigenvalue weighted by Crippen LogP contribution is -2.53. The number of alkyl carbamates (subject to hydrolysis) is 2. The first kappa shape index (κ1) is 40.7. The third kappa shape index (κ3) is 7.61. The summed E-state index contributed by atoms with van der Waals surface area (Å²) in [6, 6.07) is 17.8. The van der Waals surface area contributed by atoms with Gasteiger partial charge in [-0.25, -0.2) is 19.6 Å². The summed E-state index contributed by atoms with van der Waals surface area (Å²) < 4.78 is 16.1. The van der Waals surface area contributed by atoms with Gasteiger partial charge in [-0.2, -0.15) is 0 Å². The number of aromatic nitrogens is 4. The molecule has 15 heteroatoms. The van der Waals surface area contributed by atoms with E-state index in [0.29, 0.717) is 35.2 Å². The number of rotatable bonds is 11. The molecule has 1 aliphatic carbocycles. The van der Waals surface area contributed by atoms with E-state index in [0.717, 1.165) is 46.3 Å². The number of hydrogen-bond donors (Lipinski definition) is 4. The number of methoxy groups -OCH3 is 2. The van der Waals surface area contributed by atoms with Gasteiger partial charge in [0.05, 0.1) is 42.9 Å². The molecule has 8 atom stereocenters. The van der Waals surface area contributed by atoms with E-state index in [1.165, 1.54) is 14.2 Å². The zero-order valence-corrected chi connectivity index (χ0v) is 35.3. The van der Waals surface area contributed by atoms with Gasteiger partial charge in [0.1, 0.15) is 35.0 Å². The summed E-state index contributed by atoms with van der Waals surface area (Å²) in [5.41, 5.74) is 5.10. The molecule has 0 bridgehead atoms. The van der Waals surface area contributed by atoms with E-state index in [9.17, 15) is 19.2 Å². The molecule has 2 aliphatic heterocycles. The van der Waals surface area contributed by atoms with Gasteiger partial charge in [-0.05, 0) is 97.4 Å². The SMILES string of the molecule is COC(=O)N[C@H](C(=O)N1C2C[C@@H]2C[C@H]1c1nc2cc(-c3ccc(Oc4cccc5[nH]c([C@@H]6C[C@@H](C)[C@@H](C)N6C(=O)[C@@H](NC(=O)OC)C(C)C)nc45)cc3)ccc2[nH]1)C(C)C. The predicted molar refractivity (Wildman–Crippen MR) is 225 cm³/mol. The number of ether oxygens (including phenoxy) is 3. The number of hydrogen-bond acceptors (Lipinski definition) is 9. The van der Waals surface area contributed by atoms with Gasteiger partial charge in [0, 0.05) is 12.1 Å². The van der Waals surface area contributed by atoms with Gasteiger partial charge in [-0.1, -0.05) is 58.9 Å². The molecule has 4 amide bonds. The summed E-state index contributed by atoms with van der Waals surface area (Å²) in [6.45, 7) is 11.8. The van der Waals surface area contributed by atoms with Crippen LogP contribution in [0.5, 0.6) is 11.5 Å². The Morgan fingerprint density at radius 3 is 1.97 bits per heavy atom. The number of nitrogens with one attached hydrogen (secondary N) is 4. The van der Waals surface area contributed by atoms with Crippen molar-refractivity contribution in [2.45, 2.75) is 97.1 Å². The van der Waals surface area contributed by atoms with Crippen molar-refractivity contribution in [3.63, 3.8) is 0 Å². The fourth-order valence-electron chi connectivity index (χ4n) is 9.03. The van der Waals surface area contributed by atoms with Crippen LogP contribution < -0.4 is 15.4 Å². The summed E-state index contributed by atoms with van der Waals surface area (Å²) in [5.74, 6) is 2.72. The van der Waals surface area contributed by atoms with Crippen LogP contribution in [-0.4, -0.2) is 92.1 Å². The molecule has 4 N–H and O–H groups in total. The summed E-state index contributed by atoms with van der Waals surface area (Å²) in [4.78, 5) is 72.9. The molecule has 8 rings (SSSR count). The Kier molecular flexibility index (Phi) is 10.9. The van der Waals surface area contributed by atoms with Crippen LogP contribution in [0.25, 0.3) is 33.2 Å². The molecule has 3 aliphatic rings. The lowest BCUT2D eigenvalue weighted by Gasteiger charge is -2.33. The minimum atomic E-state index is -0.745. The van der Waals surface area contributed by atoms with Crippen LogP contribution in [0, 0.1) is 23.7 Å². The molecule has 316 valence electrons. The Morgan fingerprint density at radius 1 is 0.717 bits per heavy atom. The molecule has 60 heavy (non-hydrogen) atoms. The largest absolute Gasteiger partial charge is 0.455 e. The standard InChI is InChI=1S/C45H54N8O7/c1-22(2)37(50-44(56)58-7)42(54)52-25(6)24(5)18-34(52)41-47-31-10-9-11-36(39(31)49-41)60-29-15-12-26(13-16-29)27-14-17-30-32(19-27)48-40(46-30)35-21-28-20-33(28)53(35)43(55)38(23(3)4)51-45(57)59-8/h9-17,19,22-25,28,33-35,37-38H,18,20-21H2,1-8H3,(H,46,48)(H,47,49)(H,50,56)(H,51,57)/t24-,25-,28-,33?,34+,35+,37+,38+/m1/s1. The Hall–Kier alpha value is -6.12. The molecule has 15 nitrogen and oxygen atoms in total. The molecule has 1 unspecified atom stereocenters. The second kappa shape index (κ2) is 16.1. The lowest BCUT2D eigenvalue weighted by molar-refractivity contribution is -0.138. The Bertz CT molecular complexity index is 2420. The quantitative estimate of drug-likeness (QED) is 0.104. The molecular formula is C45H54N8O7. The van der Waals surface area contributed by atoms with Gasteiger partial charge in [-0.3, -0.25) is 9.59 Å². The number of nitrogens with zero attached hydrogens (tertiary/aromatic N) is 4. The van der Waals surface area contributed by atoms with Crippen molar-refractivity contribution < 1.29 is 33.4 Å². The van der Waals surface area contributed by atoms with Gasteiger partial charge in [0.2, 0.25) is 11.8 Å². The first-order chi connectivity index (χ1) is 28.8. The number of likely N-dealkylation sites (tertiary alicyclic amines) is 2. The number of H-pyrrole nitrogens is 2. The number of fused-ring (bicyclic) bond motifs is 3. The highest BCUT2D eigenvalue weighted by molar-refractivity contribution is 5.89. The molecule has 5 aromatic rings. The number of benzene rings is 3. The van der Waals surface area contributed by atoms with Crippen molar-refractivity contribution in [3.05, 3.63) is 72.3 Å². The Morgan fingerprint density at radius 2 is 1.32 bits per heavy atom. The van der Waals surface area contributed by atoms with Gasteiger partial charge in [0.25, 0.3) is 0 Å². The number of para-hydroxylation sites is 1. The first-order valence-electron chi connectivity index (χ1n) is 20.9. The molecule has 3 fully saturated rings. The third-order valence-corrected chi connectivity index (χ3v) is 12.6. The van der Waals surface area contributed by atoms with Crippen LogP contribution in [0.3, 0.4) is 0 Å². The maximum absolute atomic E-state index is 14.0. The van der Waals surface area contributed by atoms with Gasteiger partial charge in [0.15, 0.2) is 5.75 Å². The topological polar surface area (TPSA) is 184 Å². The van der Waals surface area contributed by atoms with E-state index < -0.39 is 24.3 Å². The Labute approximate surface area is 348 Å². The molecule has 3 aromatic carbocycles. The number of imidazole rings is 2. The average molecular weight is 819 g/mol. The fraction of sp³-hybridized carbons (Fsp3) is 0.467. The van der Waals surface area contributed by atoms with Gasteiger partial charge in [-0.15, -0.1) is 0 Å². The van der Waals surface area contributed by atoms with E-state index >= 15 is 0 Å². The average Bonchev–Trinajstić information content (AvgIpc) is 3.57. The van der Waals surface area contributed by atoms with E-state index in [1.807, 2.05) is 105 Å². The van der Waals surface area contributed by atoms with Crippen LogP contribution in [0.4, 0.5) is 9.59 Å². The molecule has 4 heterocycles. The summed E-state index contributed by atoms with van der Waals surface area (Å²) in [5, 5.41) is 5.47. The third-order valence-electron chi connectivity index (χ3n) is 12.6. The Balaban J connectivity index is 0.990. The zero-order chi connectivity index (χ0) is 42.6. The zero-order valence-electron chi connectivity index (χ0n) is 35.3. The van der Waals surface area contributed by atoms with E-state index in [2.05, 4.69) is 27.5 Å². The van der Waals surface area contributed by atoms with Crippen LogP contribution in [0.2, 0.25) is 0 Å². The van der Waals surface area contributed by atoms with Gasteiger partial charge < -0.3 is 44.6 Å². The van der Waals surface area contributed by atoms with Crippen molar-refractivity contribution in [3.8, 4) is 22.6 Å². The summed E-state index contributed by atoms with van der Waals surface area (Å²) >= 11 is 0. The first-order valence-corrected chi connectivity index (χ1v) is 20.9. The number of carbonyl (C=O) groups excluding carboxylic acids is 4. The maximum atomic E-state index is 14.0. The minimum Gasteiger partial charge on any atom is -0.455 e. The summed E-state index contributed by atoms with van der Waals surface area (Å²) in [6.07, 6.45) is 1.24. The van der Waals surface area contributed by atoms with Crippen molar-refractivity contribution in [2.75, 3.05) is 14.2 Å². The van der Waals surface area contributed by atoms with Crippen LogP contribution in [0.15, 0.2) is 60.7 Å². The van der Waals surface area contributed by atoms with Crippen molar-refractivity contribution in [1.29, 1.82) is 0 Å². The molecule has 0 spiro atoms. The highest BCUT2D eigenvalue weighted by Crippen LogP contribution is 2.53. The number of carbonyl (C=O) groups is 4. The lowest BCUT2D eigenvalue weighted by atomic mass is 10.0. The number of aromatic amines is 2. The fourth-order valence-corrected chi connectivity index (χ4v) is 9.03. The summed E-state index contributed by atoms with van der Waals surface area (Å²) in [7, 11) is 2.59. The normalized spacial score (nSPS) is 23.2. The van der Waals surface area contributed by atoms with Crippen LogP contribution >= 0.6 is 0 Å². The minimum absolute atomic E-state index is 0.0684. The van der Waals surface area contributed by atoms with E-state index in [1.54, 1.807) is 0 Å². The number of amides is 4. The van der Waals surface area contributed by atoms with Crippen molar-refractivity contribution in [2.24, 2.45) is 23.7 Å². The second-order valence-corrected chi connectivity index (χ2v) is 17.2. The van der Waals surface area contributed by atoms with Crippen LogP contribution in [0.1, 0.15) is 84.5 Å². The molecule has 1 saturated carbocycles. The van der Waals surface area contributed by atoms with Crippen molar-refractivity contribution in [1.82, 2.24) is 40.4 Å². The van der Waals surface area contributed by atoms with Crippen LogP contribution in [-0.2, 0) is 19.1 Å². The monoisotopic (exact) mass is 818 g/mol. The molecule has 2 saturated heterocycles. The highest BCUT2D eigenvalue weighted by atomic mass is 16.5.